The van der Waals surface area contributed by atoms with Crippen molar-refractivity contribution in [3.63, 3.8) is 0 Å². The maximum absolute atomic E-state index is 13.2. The van der Waals surface area contributed by atoms with Crippen LogP contribution in [0.2, 0.25) is 0 Å². The number of hydrogen-bond acceptors (Lipinski definition) is 8. The van der Waals surface area contributed by atoms with E-state index in [1.54, 1.807) is 25.1 Å². The van der Waals surface area contributed by atoms with Crippen LogP contribution in [0.3, 0.4) is 0 Å². The van der Waals surface area contributed by atoms with Gasteiger partial charge in [0, 0.05) is 19.4 Å². The molecule has 2 aliphatic heterocycles. The second-order valence-corrected chi connectivity index (χ2v) is 9.94. The molecule has 1 saturated heterocycles. The Bertz CT molecular complexity index is 1040. The predicted molar refractivity (Wildman–Crippen MR) is 129 cm³/mol. The van der Waals surface area contributed by atoms with E-state index < -0.39 is 23.4 Å². The zero-order valence-corrected chi connectivity index (χ0v) is 20.6. The molecule has 9 nitrogen and oxygen atoms in total. The van der Waals surface area contributed by atoms with Crippen LogP contribution in [0.25, 0.3) is 0 Å². The lowest BCUT2D eigenvalue weighted by molar-refractivity contribution is -0.226. The number of fused-ring (bicyclic) bond motifs is 1. The molecule has 1 aromatic rings. The van der Waals surface area contributed by atoms with Crippen molar-refractivity contribution in [1.29, 1.82) is 0 Å². The first-order valence-electron chi connectivity index (χ1n) is 12.6. The molecule has 1 N–H and O–H groups in total. The number of esters is 2. The van der Waals surface area contributed by atoms with E-state index in [0.717, 1.165) is 51.4 Å². The molecular weight excluding hydrogens is 450 g/mol. The highest BCUT2D eigenvalue weighted by Gasteiger charge is 2.45. The fourth-order valence-corrected chi connectivity index (χ4v) is 5.24. The first kappa shape index (κ1) is 24.9. The van der Waals surface area contributed by atoms with Crippen LogP contribution in [0.15, 0.2) is 23.3 Å². The van der Waals surface area contributed by atoms with Gasteiger partial charge in [-0.25, -0.2) is 9.59 Å². The summed E-state index contributed by atoms with van der Waals surface area (Å²) in [6.45, 7) is 5.70. The standard InChI is InChI=1S/C26H33N3O6/c1-4-5-10-16(2)15-26(3)34-24(32)21(25(33)35-26)28-27-19-14-9-13-18-20(19)23(31)29(22(18)30)17-11-7-6-8-12-17/h9,13-14,16-17,27H,4-8,10-12,15H2,1-3H3. The normalized spacial score (nSPS) is 23.6. The summed E-state index contributed by atoms with van der Waals surface area (Å²) >= 11 is 0. The van der Waals surface area contributed by atoms with Gasteiger partial charge in [-0.15, -0.1) is 0 Å². The summed E-state index contributed by atoms with van der Waals surface area (Å²) in [5.74, 6) is -3.63. The summed E-state index contributed by atoms with van der Waals surface area (Å²) in [7, 11) is 0. The van der Waals surface area contributed by atoms with Crippen molar-refractivity contribution in [3.8, 4) is 0 Å². The number of cyclic esters (lactones) is 2. The molecule has 2 amide bonds. The van der Waals surface area contributed by atoms with Crippen molar-refractivity contribution in [1.82, 2.24) is 4.90 Å². The summed E-state index contributed by atoms with van der Waals surface area (Å²) < 4.78 is 10.9. The van der Waals surface area contributed by atoms with Crippen LogP contribution in [0.1, 0.15) is 99.3 Å². The number of carbonyl (C=O) groups is 4. The molecule has 0 radical (unpaired) electrons. The number of unbranched alkanes of at least 4 members (excludes halogenated alkanes) is 1. The Morgan fingerprint density at radius 1 is 1.09 bits per heavy atom. The van der Waals surface area contributed by atoms with Gasteiger partial charge < -0.3 is 9.47 Å². The molecule has 2 fully saturated rings. The van der Waals surface area contributed by atoms with Crippen molar-refractivity contribution in [2.24, 2.45) is 11.0 Å². The van der Waals surface area contributed by atoms with Crippen LogP contribution < -0.4 is 5.43 Å². The highest BCUT2D eigenvalue weighted by molar-refractivity contribution is 6.63. The average molecular weight is 484 g/mol. The number of benzene rings is 1. The van der Waals surface area contributed by atoms with E-state index in [0.29, 0.717) is 6.42 Å². The van der Waals surface area contributed by atoms with E-state index in [1.165, 1.54) is 4.90 Å². The van der Waals surface area contributed by atoms with Gasteiger partial charge in [-0.1, -0.05) is 58.4 Å². The molecule has 0 aromatic heterocycles. The smallest absolute Gasteiger partial charge is 0.369 e. The van der Waals surface area contributed by atoms with Gasteiger partial charge >= 0.3 is 11.9 Å². The lowest BCUT2D eigenvalue weighted by Crippen LogP contribution is -2.49. The number of rotatable bonds is 8. The predicted octanol–water partition coefficient (Wildman–Crippen LogP) is 4.42. The van der Waals surface area contributed by atoms with Crippen molar-refractivity contribution < 1.29 is 28.7 Å². The third kappa shape index (κ3) is 5.09. The number of nitrogens with zero attached hydrogens (tertiary/aromatic N) is 2. The molecule has 3 aliphatic rings. The van der Waals surface area contributed by atoms with Gasteiger partial charge in [-0.3, -0.25) is 19.9 Å². The van der Waals surface area contributed by atoms with Gasteiger partial charge in [-0.2, -0.15) is 5.10 Å². The van der Waals surface area contributed by atoms with Gasteiger partial charge in [0.1, 0.15) is 0 Å². The maximum Gasteiger partial charge on any atom is 0.369 e. The largest absolute Gasteiger partial charge is 0.418 e. The van der Waals surface area contributed by atoms with Crippen molar-refractivity contribution in [2.75, 3.05) is 5.43 Å². The number of ether oxygens (including phenoxy) is 2. The molecule has 4 rings (SSSR count). The molecule has 1 atom stereocenters. The Kier molecular flexibility index (Phi) is 7.23. The molecule has 1 unspecified atom stereocenters. The van der Waals surface area contributed by atoms with Crippen LogP contribution in [0.4, 0.5) is 5.69 Å². The van der Waals surface area contributed by atoms with Gasteiger partial charge in [0.2, 0.25) is 0 Å². The summed E-state index contributed by atoms with van der Waals surface area (Å²) in [6, 6.07) is 4.70. The zero-order chi connectivity index (χ0) is 25.2. The van der Waals surface area contributed by atoms with Crippen LogP contribution in [0, 0.1) is 5.92 Å². The molecule has 1 saturated carbocycles. The quantitative estimate of drug-likeness (QED) is 0.331. The molecule has 2 heterocycles. The SMILES string of the molecule is CCCCC(C)CC1(C)OC(=O)C(=NNc2cccc3c2C(=O)N(C2CCCCC2)C3=O)C(=O)O1. The Balaban J connectivity index is 1.49. The molecule has 0 spiro atoms. The molecule has 188 valence electrons. The molecule has 35 heavy (non-hydrogen) atoms. The minimum Gasteiger partial charge on any atom is -0.418 e. The number of anilines is 1. The number of carbonyl (C=O) groups excluding carboxylic acids is 4. The highest BCUT2D eigenvalue weighted by atomic mass is 16.7. The Morgan fingerprint density at radius 2 is 1.77 bits per heavy atom. The zero-order valence-electron chi connectivity index (χ0n) is 20.6. The van der Waals surface area contributed by atoms with Crippen molar-refractivity contribution >= 4 is 35.2 Å². The van der Waals surface area contributed by atoms with E-state index >= 15 is 0 Å². The summed E-state index contributed by atoms with van der Waals surface area (Å²) in [5, 5.41) is 3.92. The number of amides is 2. The van der Waals surface area contributed by atoms with E-state index in [2.05, 4.69) is 17.5 Å². The van der Waals surface area contributed by atoms with E-state index in [-0.39, 0.29) is 40.6 Å². The van der Waals surface area contributed by atoms with E-state index in [4.69, 9.17) is 9.47 Å². The molecule has 1 aliphatic carbocycles. The lowest BCUT2D eigenvalue weighted by Gasteiger charge is -2.34. The minimum absolute atomic E-state index is 0.115. The molecular formula is C26H33N3O6. The second-order valence-electron chi connectivity index (χ2n) is 9.94. The van der Waals surface area contributed by atoms with Crippen molar-refractivity contribution in [3.05, 3.63) is 29.3 Å². The average Bonchev–Trinajstić information content (AvgIpc) is 3.08. The first-order chi connectivity index (χ1) is 16.7. The number of nitrogens with one attached hydrogen (secondary N) is 1. The fraction of sp³-hybridized carbons (Fsp3) is 0.577. The molecule has 1 aromatic carbocycles. The Morgan fingerprint density at radius 3 is 2.43 bits per heavy atom. The van der Waals surface area contributed by atoms with Gasteiger partial charge in [0.25, 0.3) is 23.3 Å². The fourth-order valence-electron chi connectivity index (χ4n) is 5.24. The molecule has 0 bridgehead atoms. The maximum atomic E-state index is 13.2. The van der Waals surface area contributed by atoms with E-state index in [9.17, 15) is 19.2 Å². The van der Waals surface area contributed by atoms with Crippen LogP contribution in [-0.2, 0) is 19.1 Å². The van der Waals surface area contributed by atoms with Crippen LogP contribution in [0.5, 0.6) is 0 Å². The second kappa shape index (κ2) is 10.2. The third-order valence-corrected chi connectivity index (χ3v) is 6.95. The number of hydrazone groups is 1. The first-order valence-corrected chi connectivity index (χ1v) is 12.6. The molecule has 9 heteroatoms. The van der Waals surface area contributed by atoms with Gasteiger partial charge in [0.15, 0.2) is 0 Å². The monoisotopic (exact) mass is 483 g/mol. The highest BCUT2D eigenvalue weighted by Crippen LogP contribution is 2.35. The summed E-state index contributed by atoms with van der Waals surface area (Å²) in [4.78, 5) is 52.8. The third-order valence-electron chi connectivity index (χ3n) is 6.95. The topological polar surface area (TPSA) is 114 Å². The van der Waals surface area contributed by atoms with Crippen LogP contribution in [-0.4, -0.2) is 46.2 Å². The summed E-state index contributed by atoms with van der Waals surface area (Å²) in [6.07, 6.45) is 8.09. The Hall–Kier alpha value is -3.23. The van der Waals surface area contributed by atoms with E-state index in [1.807, 2.05) is 6.92 Å². The van der Waals surface area contributed by atoms with Crippen molar-refractivity contribution in [2.45, 2.75) is 90.4 Å². The lowest BCUT2D eigenvalue weighted by atomic mass is 9.94. The van der Waals surface area contributed by atoms with Gasteiger partial charge in [0.05, 0.1) is 16.8 Å². The summed E-state index contributed by atoms with van der Waals surface area (Å²) in [5.41, 5.74) is 2.82. The van der Waals surface area contributed by atoms with Gasteiger partial charge in [-0.05, 0) is 30.9 Å². The Labute approximate surface area is 205 Å². The minimum atomic E-state index is -1.35. The van der Waals surface area contributed by atoms with Crippen LogP contribution >= 0.6 is 0 Å². The number of imide groups is 1. The number of hydrogen-bond donors (Lipinski definition) is 1.